The van der Waals surface area contributed by atoms with Crippen molar-refractivity contribution in [2.75, 3.05) is 11.9 Å². The fraction of sp³-hybridized carbons (Fsp3) is 0.667. The zero-order valence-electron chi connectivity index (χ0n) is 13.8. The molecule has 0 heterocycles. The van der Waals surface area contributed by atoms with Gasteiger partial charge < -0.3 is 10.1 Å². The molecular formula is C18H29NO. The van der Waals surface area contributed by atoms with E-state index in [0.29, 0.717) is 12.1 Å². The van der Waals surface area contributed by atoms with Gasteiger partial charge in [-0.05, 0) is 36.5 Å². The zero-order chi connectivity index (χ0) is 15.0. The number of hydrogen-bond acceptors (Lipinski definition) is 2. The number of rotatable bonds is 4. The smallest absolute Gasteiger partial charge is 0.0665 e. The molecule has 2 nitrogen and oxygen atoms in total. The predicted molar refractivity (Wildman–Crippen MR) is 86.4 cm³/mol. The third-order valence-corrected chi connectivity index (χ3v) is 4.64. The molecule has 0 aromatic heterocycles. The molecule has 1 aromatic rings. The molecule has 1 aliphatic rings. The average Bonchev–Trinajstić information content (AvgIpc) is 2.37. The lowest BCUT2D eigenvalue weighted by Crippen LogP contribution is -2.58. The summed E-state index contributed by atoms with van der Waals surface area (Å²) in [6, 6.07) is 9.36. The standard InChI is InChI=1S/C18H29NO/c1-7-20-16-12-15(18(16,5)6)19-14-10-8-13(9-11-14)17(2,3)4/h8-11,15-16,19H,7,12H2,1-6H3. The zero-order valence-corrected chi connectivity index (χ0v) is 13.8. The molecule has 2 heteroatoms. The van der Waals surface area contributed by atoms with Crippen LogP contribution in [0.3, 0.4) is 0 Å². The van der Waals surface area contributed by atoms with Crippen molar-refractivity contribution in [2.24, 2.45) is 5.41 Å². The monoisotopic (exact) mass is 275 g/mol. The molecule has 2 rings (SSSR count). The highest BCUT2D eigenvalue weighted by Gasteiger charge is 2.48. The number of nitrogens with one attached hydrogen (secondary N) is 1. The molecule has 0 saturated heterocycles. The van der Waals surface area contributed by atoms with Crippen LogP contribution in [0.2, 0.25) is 0 Å². The average molecular weight is 275 g/mol. The van der Waals surface area contributed by atoms with Gasteiger partial charge in [0.05, 0.1) is 6.10 Å². The molecule has 1 N–H and O–H groups in total. The third-order valence-electron chi connectivity index (χ3n) is 4.64. The first-order valence-corrected chi connectivity index (χ1v) is 7.74. The van der Waals surface area contributed by atoms with Crippen LogP contribution in [0.15, 0.2) is 24.3 Å². The lowest BCUT2D eigenvalue weighted by molar-refractivity contribution is -0.0975. The van der Waals surface area contributed by atoms with Crippen LogP contribution in [-0.2, 0) is 10.2 Å². The van der Waals surface area contributed by atoms with E-state index in [4.69, 9.17) is 4.74 Å². The van der Waals surface area contributed by atoms with E-state index >= 15 is 0 Å². The van der Waals surface area contributed by atoms with E-state index in [9.17, 15) is 0 Å². The van der Waals surface area contributed by atoms with Gasteiger partial charge in [-0.3, -0.25) is 0 Å². The molecule has 20 heavy (non-hydrogen) atoms. The summed E-state index contributed by atoms with van der Waals surface area (Å²) in [5.74, 6) is 0. The SMILES string of the molecule is CCOC1CC(Nc2ccc(C(C)(C)C)cc2)C1(C)C. The fourth-order valence-electron chi connectivity index (χ4n) is 2.88. The van der Waals surface area contributed by atoms with Crippen molar-refractivity contribution in [3.05, 3.63) is 29.8 Å². The molecule has 0 bridgehead atoms. The van der Waals surface area contributed by atoms with Crippen LogP contribution in [0.4, 0.5) is 5.69 Å². The van der Waals surface area contributed by atoms with Crippen molar-refractivity contribution >= 4 is 5.69 Å². The Balaban J connectivity index is 1.98. The van der Waals surface area contributed by atoms with Gasteiger partial charge in [-0.1, -0.05) is 46.8 Å². The van der Waals surface area contributed by atoms with Gasteiger partial charge in [0.2, 0.25) is 0 Å². The van der Waals surface area contributed by atoms with Crippen LogP contribution in [0, 0.1) is 5.41 Å². The number of hydrogen-bond donors (Lipinski definition) is 1. The summed E-state index contributed by atoms with van der Waals surface area (Å²) in [6.45, 7) is 14.2. The minimum atomic E-state index is 0.207. The Labute approximate surface area is 123 Å². The molecule has 0 spiro atoms. The first-order chi connectivity index (χ1) is 9.25. The van der Waals surface area contributed by atoms with Gasteiger partial charge in [0.1, 0.15) is 0 Å². The second kappa shape index (κ2) is 5.40. The van der Waals surface area contributed by atoms with Crippen LogP contribution >= 0.6 is 0 Å². The highest BCUT2D eigenvalue weighted by molar-refractivity contribution is 5.47. The van der Waals surface area contributed by atoms with Gasteiger partial charge >= 0.3 is 0 Å². The summed E-state index contributed by atoms with van der Waals surface area (Å²) in [7, 11) is 0. The normalized spacial score (nSPS) is 25.1. The van der Waals surface area contributed by atoms with E-state index in [0.717, 1.165) is 13.0 Å². The van der Waals surface area contributed by atoms with Gasteiger partial charge in [-0.15, -0.1) is 0 Å². The molecule has 1 fully saturated rings. The van der Waals surface area contributed by atoms with E-state index in [1.54, 1.807) is 0 Å². The van der Waals surface area contributed by atoms with Crippen molar-refractivity contribution in [3.63, 3.8) is 0 Å². The molecule has 2 unspecified atom stereocenters. The first kappa shape index (κ1) is 15.4. The summed E-state index contributed by atoms with van der Waals surface area (Å²) in [6.07, 6.45) is 1.49. The summed E-state index contributed by atoms with van der Waals surface area (Å²) in [4.78, 5) is 0. The molecule has 0 radical (unpaired) electrons. The maximum Gasteiger partial charge on any atom is 0.0665 e. The van der Waals surface area contributed by atoms with E-state index in [1.165, 1.54) is 11.3 Å². The lowest BCUT2D eigenvalue weighted by atomic mass is 9.64. The Morgan fingerprint density at radius 1 is 1.20 bits per heavy atom. The Kier molecular flexibility index (Phi) is 4.15. The lowest BCUT2D eigenvalue weighted by Gasteiger charge is -2.52. The van der Waals surface area contributed by atoms with Crippen LogP contribution in [0.1, 0.15) is 53.5 Å². The largest absolute Gasteiger partial charge is 0.382 e. The molecule has 2 atom stereocenters. The van der Waals surface area contributed by atoms with E-state index in [1.807, 2.05) is 0 Å². The van der Waals surface area contributed by atoms with Crippen LogP contribution in [0.25, 0.3) is 0 Å². The molecule has 1 saturated carbocycles. The minimum Gasteiger partial charge on any atom is -0.382 e. The Bertz CT molecular complexity index is 441. The highest BCUT2D eigenvalue weighted by atomic mass is 16.5. The maximum atomic E-state index is 5.78. The summed E-state index contributed by atoms with van der Waals surface area (Å²) < 4.78 is 5.78. The van der Waals surface area contributed by atoms with Gasteiger partial charge in [-0.25, -0.2) is 0 Å². The summed E-state index contributed by atoms with van der Waals surface area (Å²) in [5.41, 5.74) is 3.02. The van der Waals surface area contributed by atoms with Crippen LogP contribution < -0.4 is 5.32 Å². The van der Waals surface area contributed by atoms with Crippen molar-refractivity contribution in [2.45, 2.75) is 65.5 Å². The number of ether oxygens (including phenoxy) is 1. The highest BCUT2D eigenvalue weighted by Crippen LogP contribution is 2.44. The summed E-state index contributed by atoms with van der Waals surface area (Å²) >= 11 is 0. The van der Waals surface area contributed by atoms with Crippen LogP contribution in [-0.4, -0.2) is 18.8 Å². The van der Waals surface area contributed by atoms with Crippen molar-refractivity contribution < 1.29 is 4.74 Å². The Morgan fingerprint density at radius 2 is 1.80 bits per heavy atom. The quantitative estimate of drug-likeness (QED) is 0.867. The number of benzene rings is 1. The second-order valence-electron chi connectivity index (χ2n) is 7.53. The maximum absolute atomic E-state index is 5.78. The summed E-state index contributed by atoms with van der Waals surface area (Å²) in [5, 5.41) is 3.66. The molecule has 1 aliphatic carbocycles. The van der Waals surface area contributed by atoms with E-state index < -0.39 is 0 Å². The Hall–Kier alpha value is -1.02. The molecule has 0 aliphatic heterocycles. The predicted octanol–water partition coefficient (Wildman–Crippen LogP) is 4.60. The van der Waals surface area contributed by atoms with Crippen LogP contribution in [0.5, 0.6) is 0 Å². The fourth-order valence-corrected chi connectivity index (χ4v) is 2.88. The van der Waals surface area contributed by atoms with Gasteiger partial charge in [0, 0.05) is 23.8 Å². The Morgan fingerprint density at radius 3 is 2.25 bits per heavy atom. The molecule has 1 aromatic carbocycles. The van der Waals surface area contributed by atoms with Gasteiger partial charge in [0.15, 0.2) is 0 Å². The van der Waals surface area contributed by atoms with E-state index in [-0.39, 0.29) is 10.8 Å². The van der Waals surface area contributed by atoms with Crippen molar-refractivity contribution in [3.8, 4) is 0 Å². The molecule has 0 amide bonds. The first-order valence-electron chi connectivity index (χ1n) is 7.74. The topological polar surface area (TPSA) is 21.3 Å². The van der Waals surface area contributed by atoms with E-state index in [2.05, 4.69) is 71.1 Å². The number of anilines is 1. The van der Waals surface area contributed by atoms with Crippen molar-refractivity contribution in [1.82, 2.24) is 0 Å². The van der Waals surface area contributed by atoms with Gasteiger partial charge in [-0.2, -0.15) is 0 Å². The van der Waals surface area contributed by atoms with Gasteiger partial charge in [0.25, 0.3) is 0 Å². The minimum absolute atomic E-state index is 0.207. The molecule has 112 valence electrons. The third kappa shape index (κ3) is 3.01. The molecular weight excluding hydrogens is 246 g/mol. The van der Waals surface area contributed by atoms with Crippen molar-refractivity contribution in [1.29, 1.82) is 0 Å². The second-order valence-corrected chi connectivity index (χ2v) is 7.53.